The summed E-state index contributed by atoms with van der Waals surface area (Å²) in [5.74, 6) is -4.23. The van der Waals surface area contributed by atoms with E-state index in [1.165, 1.54) is 0 Å². The summed E-state index contributed by atoms with van der Waals surface area (Å²) in [6.45, 7) is 0.936. The normalized spacial score (nSPS) is 15.9. The lowest BCUT2D eigenvalue weighted by Gasteiger charge is -2.35. The summed E-state index contributed by atoms with van der Waals surface area (Å²) >= 11 is 0. The lowest BCUT2D eigenvalue weighted by molar-refractivity contribution is 0.377. The van der Waals surface area contributed by atoms with E-state index in [9.17, 15) is 21.6 Å². The van der Waals surface area contributed by atoms with Crippen LogP contribution in [0.25, 0.3) is 0 Å². The molecule has 1 fully saturated rings. The van der Waals surface area contributed by atoms with Crippen LogP contribution in [0, 0.1) is 17.5 Å². The van der Waals surface area contributed by atoms with Gasteiger partial charge in [-0.05, 0) is 24.3 Å². The van der Waals surface area contributed by atoms with E-state index in [2.05, 4.69) is 0 Å². The molecule has 0 N–H and O–H groups in total. The molecule has 0 saturated carbocycles. The van der Waals surface area contributed by atoms with E-state index in [0.717, 1.165) is 16.1 Å². The molecular formula is C17H17F3N2O3S. The zero-order valence-electron chi connectivity index (χ0n) is 14.0. The molecule has 1 saturated heterocycles. The van der Waals surface area contributed by atoms with Gasteiger partial charge < -0.3 is 9.64 Å². The van der Waals surface area contributed by atoms with Crippen LogP contribution in [0.3, 0.4) is 0 Å². The van der Waals surface area contributed by atoms with Gasteiger partial charge in [0.15, 0.2) is 17.5 Å². The highest BCUT2D eigenvalue weighted by molar-refractivity contribution is 7.89. The van der Waals surface area contributed by atoms with Gasteiger partial charge in [0.05, 0.1) is 7.11 Å². The summed E-state index contributed by atoms with van der Waals surface area (Å²) in [5.41, 5.74) is 0.875. The van der Waals surface area contributed by atoms with Crippen LogP contribution in [0.1, 0.15) is 0 Å². The van der Waals surface area contributed by atoms with Gasteiger partial charge >= 0.3 is 0 Å². The third kappa shape index (κ3) is 3.36. The largest absolute Gasteiger partial charge is 0.497 e. The molecule has 0 amide bonds. The van der Waals surface area contributed by atoms with Gasteiger partial charge in [0.2, 0.25) is 10.0 Å². The minimum atomic E-state index is -4.25. The summed E-state index contributed by atoms with van der Waals surface area (Å²) in [6.07, 6.45) is 0. The van der Waals surface area contributed by atoms with Gasteiger partial charge in [-0.2, -0.15) is 4.31 Å². The van der Waals surface area contributed by atoms with Crippen LogP contribution >= 0.6 is 0 Å². The van der Waals surface area contributed by atoms with Crippen molar-refractivity contribution in [2.45, 2.75) is 4.90 Å². The number of anilines is 1. The number of hydrogen-bond acceptors (Lipinski definition) is 4. The average molecular weight is 386 g/mol. The third-order valence-corrected chi connectivity index (χ3v) is 6.19. The Morgan fingerprint density at radius 1 is 0.962 bits per heavy atom. The van der Waals surface area contributed by atoms with Gasteiger partial charge in [0, 0.05) is 37.9 Å². The lowest BCUT2D eigenvalue weighted by atomic mass is 10.2. The van der Waals surface area contributed by atoms with E-state index >= 15 is 0 Å². The topological polar surface area (TPSA) is 49.9 Å². The van der Waals surface area contributed by atoms with Crippen LogP contribution in [0.2, 0.25) is 0 Å². The molecule has 0 spiro atoms. The van der Waals surface area contributed by atoms with Crippen molar-refractivity contribution in [2.75, 3.05) is 38.2 Å². The Balaban J connectivity index is 1.78. The molecule has 0 unspecified atom stereocenters. The van der Waals surface area contributed by atoms with Gasteiger partial charge in [0.25, 0.3) is 0 Å². The van der Waals surface area contributed by atoms with Crippen molar-refractivity contribution < 1.29 is 26.3 Å². The van der Waals surface area contributed by atoms with E-state index in [4.69, 9.17) is 4.74 Å². The molecule has 0 aliphatic carbocycles. The Kier molecular flexibility index (Phi) is 5.10. The predicted molar refractivity (Wildman–Crippen MR) is 90.3 cm³/mol. The van der Waals surface area contributed by atoms with E-state index in [-0.39, 0.29) is 13.1 Å². The maximum absolute atomic E-state index is 13.9. The van der Waals surface area contributed by atoms with Gasteiger partial charge in [-0.3, -0.25) is 0 Å². The molecule has 0 atom stereocenters. The number of methoxy groups -OCH3 is 1. The predicted octanol–water partition coefficient (Wildman–Crippen LogP) is 2.62. The van der Waals surface area contributed by atoms with Crippen molar-refractivity contribution in [1.82, 2.24) is 4.31 Å². The second kappa shape index (κ2) is 7.16. The van der Waals surface area contributed by atoms with Crippen LogP contribution in [0.4, 0.5) is 18.9 Å². The smallest absolute Gasteiger partial charge is 0.246 e. The van der Waals surface area contributed by atoms with Gasteiger partial charge in [-0.1, -0.05) is 6.07 Å². The van der Waals surface area contributed by atoms with E-state index in [1.807, 2.05) is 23.1 Å². The number of rotatable bonds is 4. The highest BCUT2D eigenvalue weighted by Crippen LogP contribution is 2.26. The van der Waals surface area contributed by atoms with Crippen LogP contribution in [0.15, 0.2) is 41.3 Å². The standard InChI is InChI=1S/C17H17F3N2O3S/c1-25-13-4-2-3-12(11-13)21-7-9-22(10-8-21)26(23,24)15-6-5-14(18)16(19)17(15)20/h2-6,11H,7-10H2,1H3. The van der Waals surface area contributed by atoms with E-state index in [1.54, 1.807) is 13.2 Å². The highest BCUT2D eigenvalue weighted by Gasteiger charge is 2.32. The number of nitrogens with zero attached hydrogens (tertiary/aromatic N) is 2. The Bertz CT molecular complexity index is 913. The van der Waals surface area contributed by atoms with Crippen molar-refractivity contribution in [1.29, 1.82) is 0 Å². The number of sulfonamides is 1. The van der Waals surface area contributed by atoms with Crippen molar-refractivity contribution >= 4 is 15.7 Å². The fourth-order valence-corrected chi connectivity index (χ4v) is 4.32. The van der Waals surface area contributed by atoms with Crippen molar-refractivity contribution in [3.8, 4) is 5.75 Å². The molecular weight excluding hydrogens is 369 g/mol. The molecule has 0 bridgehead atoms. The summed E-state index contributed by atoms with van der Waals surface area (Å²) < 4.78 is 71.7. The SMILES string of the molecule is COc1cccc(N2CCN(S(=O)(=O)c3ccc(F)c(F)c3F)CC2)c1. The lowest BCUT2D eigenvalue weighted by Crippen LogP contribution is -2.48. The Morgan fingerprint density at radius 3 is 2.31 bits per heavy atom. The molecule has 2 aromatic carbocycles. The number of piperazine rings is 1. The van der Waals surface area contributed by atoms with Crippen LogP contribution in [-0.4, -0.2) is 46.0 Å². The summed E-state index contributed by atoms with van der Waals surface area (Å²) in [6, 6.07) is 8.69. The molecule has 140 valence electrons. The highest BCUT2D eigenvalue weighted by atomic mass is 32.2. The molecule has 1 aliphatic rings. The molecule has 9 heteroatoms. The van der Waals surface area contributed by atoms with Crippen LogP contribution in [-0.2, 0) is 10.0 Å². The molecule has 5 nitrogen and oxygen atoms in total. The van der Waals surface area contributed by atoms with Crippen LogP contribution in [0.5, 0.6) is 5.75 Å². The summed E-state index contributed by atoms with van der Waals surface area (Å²) in [5, 5.41) is 0. The number of benzene rings is 2. The van der Waals surface area contributed by atoms with Gasteiger partial charge in [0.1, 0.15) is 10.6 Å². The number of hydrogen-bond donors (Lipinski definition) is 0. The monoisotopic (exact) mass is 386 g/mol. The van der Waals surface area contributed by atoms with E-state index in [0.29, 0.717) is 24.9 Å². The first kappa shape index (κ1) is 18.5. The summed E-state index contributed by atoms with van der Waals surface area (Å²) in [7, 11) is -2.69. The van der Waals surface area contributed by atoms with Crippen molar-refractivity contribution in [2.24, 2.45) is 0 Å². The van der Waals surface area contributed by atoms with Crippen molar-refractivity contribution in [3.05, 3.63) is 53.8 Å². The fourth-order valence-electron chi connectivity index (χ4n) is 2.84. The second-order valence-corrected chi connectivity index (χ2v) is 7.67. The first-order valence-corrected chi connectivity index (χ1v) is 9.31. The van der Waals surface area contributed by atoms with E-state index < -0.39 is 32.4 Å². The Labute approximate surface area is 149 Å². The number of halogens is 3. The fraction of sp³-hybridized carbons (Fsp3) is 0.294. The zero-order chi connectivity index (χ0) is 18.9. The molecule has 0 radical (unpaired) electrons. The molecule has 0 aromatic heterocycles. The average Bonchev–Trinajstić information content (AvgIpc) is 2.66. The number of ether oxygens (including phenoxy) is 1. The van der Waals surface area contributed by atoms with Gasteiger partial charge in [-0.25, -0.2) is 21.6 Å². The first-order valence-electron chi connectivity index (χ1n) is 7.87. The maximum Gasteiger partial charge on any atom is 0.246 e. The first-order chi connectivity index (χ1) is 12.3. The molecule has 1 aliphatic heterocycles. The van der Waals surface area contributed by atoms with Crippen LogP contribution < -0.4 is 9.64 Å². The minimum Gasteiger partial charge on any atom is -0.497 e. The molecule has 2 aromatic rings. The third-order valence-electron chi connectivity index (χ3n) is 4.27. The maximum atomic E-state index is 13.9. The Morgan fingerprint density at radius 2 is 1.65 bits per heavy atom. The minimum absolute atomic E-state index is 0.0952. The quantitative estimate of drug-likeness (QED) is 0.758. The molecule has 3 rings (SSSR count). The second-order valence-electron chi connectivity index (χ2n) is 5.77. The van der Waals surface area contributed by atoms with Crippen molar-refractivity contribution in [3.63, 3.8) is 0 Å². The summed E-state index contributed by atoms with van der Waals surface area (Å²) in [4.78, 5) is 1.11. The Hall–Kier alpha value is -2.26. The molecule has 26 heavy (non-hydrogen) atoms. The van der Waals surface area contributed by atoms with Gasteiger partial charge in [-0.15, -0.1) is 0 Å². The molecule has 1 heterocycles. The zero-order valence-corrected chi connectivity index (χ0v) is 14.8.